The molecule has 18 heavy (non-hydrogen) atoms. The van der Waals surface area contributed by atoms with Crippen molar-refractivity contribution in [1.82, 2.24) is 9.78 Å². The Bertz CT molecular complexity index is 602. The van der Waals surface area contributed by atoms with E-state index >= 15 is 0 Å². The van der Waals surface area contributed by atoms with Crippen LogP contribution in [-0.4, -0.2) is 20.9 Å². The van der Waals surface area contributed by atoms with Crippen LogP contribution in [0.4, 0.5) is 5.69 Å². The van der Waals surface area contributed by atoms with E-state index in [4.69, 9.17) is 10.8 Å². The number of hydrogen-bond acceptors (Lipinski definition) is 3. The van der Waals surface area contributed by atoms with E-state index in [-0.39, 0.29) is 5.69 Å². The molecule has 0 bridgehead atoms. The third kappa shape index (κ3) is 2.07. The van der Waals surface area contributed by atoms with Crippen molar-refractivity contribution in [2.45, 2.75) is 20.4 Å². The van der Waals surface area contributed by atoms with Crippen molar-refractivity contribution < 1.29 is 9.90 Å². The summed E-state index contributed by atoms with van der Waals surface area (Å²) in [5.74, 6) is -0.976. The third-order valence-electron chi connectivity index (χ3n) is 2.87. The topological polar surface area (TPSA) is 81.1 Å². The predicted octanol–water partition coefficient (Wildman–Crippen LogP) is 2.16. The van der Waals surface area contributed by atoms with Gasteiger partial charge in [-0.25, -0.2) is 4.79 Å². The number of nitrogens with two attached hydrogens (primary N) is 1. The van der Waals surface area contributed by atoms with Gasteiger partial charge in [0, 0.05) is 17.8 Å². The van der Waals surface area contributed by atoms with Crippen LogP contribution in [0.25, 0.3) is 11.3 Å². The van der Waals surface area contributed by atoms with Crippen LogP contribution in [0.3, 0.4) is 0 Å². The van der Waals surface area contributed by atoms with Gasteiger partial charge in [0.2, 0.25) is 0 Å². The lowest BCUT2D eigenvalue weighted by atomic mass is 10.1. The molecule has 94 valence electrons. The SMILES string of the molecule is CCn1nc(-c2ccc(C)c(N)c2)cc1C(=O)O. The van der Waals surface area contributed by atoms with Crippen LogP contribution in [0.15, 0.2) is 24.3 Å². The molecule has 0 aliphatic carbocycles. The lowest BCUT2D eigenvalue weighted by molar-refractivity contribution is 0.0683. The van der Waals surface area contributed by atoms with Gasteiger partial charge in [0.1, 0.15) is 5.69 Å². The summed E-state index contributed by atoms with van der Waals surface area (Å²) in [4.78, 5) is 11.1. The molecule has 0 saturated carbocycles. The van der Waals surface area contributed by atoms with Crippen LogP contribution in [0.5, 0.6) is 0 Å². The quantitative estimate of drug-likeness (QED) is 0.812. The second kappa shape index (κ2) is 4.52. The zero-order valence-corrected chi connectivity index (χ0v) is 10.3. The number of carboxylic acid groups (broad SMARTS) is 1. The maximum atomic E-state index is 11.1. The fourth-order valence-corrected chi connectivity index (χ4v) is 1.77. The molecule has 0 spiro atoms. The number of nitrogen functional groups attached to an aromatic ring is 1. The standard InChI is InChI=1S/C13H15N3O2/c1-3-16-12(13(17)18)7-11(15-16)9-5-4-8(2)10(14)6-9/h4-7H,3,14H2,1-2H3,(H,17,18). The van der Waals surface area contributed by atoms with Crippen molar-refractivity contribution in [3.8, 4) is 11.3 Å². The van der Waals surface area contributed by atoms with Crippen LogP contribution in [0.2, 0.25) is 0 Å². The number of aromatic carboxylic acids is 1. The minimum Gasteiger partial charge on any atom is -0.477 e. The van der Waals surface area contributed by atoms with Crippen molar-refractivity contribution in [1.29, 1.82) is 0 Å². The maximum Gasteiger partial charge on any atom is 0.354 e. The van der Waals surface area contributed by atoms with Gasteiger partial charge in [-0.05, 0) is 31.5 Å². The van der Waals surface area contributed by atoms with Crippen molar-refractivity contribution in [3.05, 3.63) is 35.5 Å². The normalized spacial score (nSPS) is 10.6. The monoisotopic (exact) mass is 245 g/mol. The van der Waals surface area contributed by atoms with Gasteiger partial charge in [-0.15, -0.1) is 0 Å². The zero-order chi connectivity index (χ0) is 13.3. The van der Waals surface area contributed by atoms with Crippen molar-refractivity contribution >= 4 is 11.7 Å². The van der Waals surface area contributed by atoms with E-state index in [9.17, 15) is 4.79 Å². The number of anilines is 1. The molecule has 5 heteroatoms. The van der Waals surface area contributed by atoms with Gasteiger partial charge < -0.3 is 10.8 Å². The smallest absolute Gasteiger partial charge is 0.354 e. The van der Waals surface area contributed by atoms with Gasteiger partial charge in [0.25, 0.3) is 0 Å². The number of aryl methyl sites for hydroxylation is 2. The Hall–Kier alpha value is -2.30. The Balaban J connectivity index is 2.50. The average Bonchev–Trinajstić information content (AvgIpc) is 2.77. The van der Waals surface area contributed by atoms with E-state index in [1.807, 2.05) is 32.0 Å². The lowest BCUT2D eigenvalue weighted by Gasteiger charge is -2.02. The first-order valence-electron chi connectivity index (χ1n) is 5.70. The van der Waals surface area contributed by atoms with E-state index in [1.165, 1.54) is 4.68 Å². The molecule has 0 aliphatic heterocycles. The first-order valence-corrected chi connectivity index (χ1v) is 5.70. The Morgan fingerprint density at radius 1 is 1.44 bits per heavy atom. The predicted molar refractivity (Wildman–Crippen MR) is 69.4 cm³/mol. The second-order valence-corrected chi connectivity index (χ2v) is 4.11. The van der Waals surface area contributed by atoms with E-state index in [1.54, 1.807) is 6.07 Å². The lowest BCUT2D eigenvalue weighted by Crippen LogP contribution is -2.08. The molecule has 0 saturated heterocycles. The molecule has 0 unspecified atom stereocenters. The molecule has 5 nitrogen and oxygen atoms in total. The molecule has 0 atom stereocenters. The largest absolute Gasteiger partial charge is 0.477 e. The van der Waals surface area contributed by atoms with E-state index in [2.05, 4.69) is 5.10 Å². The Morgan fingerprint density at radius 3 is 2.67 bits per heavy atom. The van der Waals surface area contributed by atoms with E-state index in [0.29, 0.717) is 17.9 Å². The van der Waals surface area contributed by atoms with Crippen LogP contribution in [0, 0.1) is 6.92 Å². The summed E-state index contributed by atoms with van der Waals surface area (Å²) in [6, 6.07) is 7.16. The number of aromatic nitrogens is 2. The minimum absolute atomic E-state index is 0.187. The molecule has 3 N–H and O–H groups in total. The molecule has 2 aromatic rings. The minimum atomic E-state index is -0.976. The zero-order valence-electron chi connectivity index (χ0n) is 10.3. The van der Waals surface area contributed by atoms with Gasteiger partial charge >= 0.3 is 5.97 Å². The van der Waals surface area contributed by atoms with Crippen molar-refractivity contribution in [3.63, 3.8) is 0 Å². The number of rotatable bonds is 3. The molecule has 0 radical (unpaired) electrons. The van der Waals surface area contributed by atoms with Crippen LogP contribution < -0.4 is 5.73 Å². The molecule has 0 fully saturated rings. The molecule has 1 aromatic heterocycles. The number of nitrogens with zero attached hydrogens (tertiary/aromatic N) is 2. The molecular formula is C13H15N3O2. The summed E-state index contributed by atoms with van der Waals surface area (Å²) >= 11 is 0. The summed E-state index contributed by atoms with van der Waals surface area (Å²) in [6.07, 6.45) is 0. The first kappa shape index (κ1) is 12.2. The molecule has 0 aliphatic rings. The average molecular weight is 245 g/mol. The summed E-state index contributed by atoms with van der Waals surface area (Å²) in [5, 5.41) is 13.3. The summed E-state index contributed by atoms with van der Waals surface area (Å²) in [5.41, 5.74) is 9.15. The van der Waals surface area contributed by atoms with Gasteiger partial charge in [-0.3, -0.25) is 4.68 Å². The summed E-state index contributed by atoms with van der Waals surface area (Å²) in [6.45, 7) is 4.29. The second-order valence-electron chi connectivity index (χ2n) is 4.11. The highest BCUT2D eigenvalue weighted by molar-refractivity contribution is 5.87. The highest BCUT2D eigenvalue weighted by atomic mass is 16.4. The Kier molecular flexibility index (Phi) is 3.06. The van der Waals surface area contributed by atoms with Crippen molar-refractivity contribution in [2.75, 3.05) is 5.73 Å². The summed E-state index contributed by atoms with van der Waals surface area (Å²) < 4.78 is 1.47. The maximum absolute atomic E-state index is 11.1. The number of benzene rings is 1. The molecule has 2 rings (SSSR count). The fourth-order valence-electron chi connectivity index (χ4n) is 1.77. The highest BCUT2D eigenvalue weighted by Gasteiger charge is 2.14. The Labute approximate surface area is 105 Å². The van der Waals surface area contributed by atoms with Crippen LogP contribution >= 0.6 is 0 Å². The van der Waals surface area contributed by atoms with Crippen molar-refractivity contribution in [2.24, 2.45) is 0 Å². The molecule has 1 heterocycles. The Morgan fingerprint density at radius 2 is 2.17 bits per heavy atom. The molecular weight excluding hydrogens is 230 g/mol. The van der Waals surface area contributed by atoms with Crippen LogP contribution in [0.1, 0.15) is 23.0 Å². The number of hydrogen-bond donors (Lipinski definition) is 2. The fraction of sp³-hybridized carbons (Fsp3) is 0.231. The van der Waals surface area contributed by atoms with Gasteiger partial charge in [0.15, 0.2) is 0 Å². The van der Waals surface area contributed by atoms with E-state index < -0.39 is 5.97 Å². The molecule has 1 aromatic carbocycles. The number of carbonyl (C=O) groups is 1. The van der Waals surface area contributed by atoms with E-state index in [0.717, 1.165) is 11.1 Å². The first-order chi connectivity index (χ1) is 8.52. The van der Waals surface area contributed by atoms with Gasteiger partial charge in [-0.2, -0.15) is 5.10 Å². The number of carboxylic acids is 1. The van der Waals surface area contributed by atoms with Gasteiger partial charge in [0.05, 0.1) is 5.69 Å². The highest BCUT2D eigenvalue weighted by Crippen LogP contribution is 2.23. The summed E-state index contributed by atoms with van der Waals surface area (Å²) in [7, 11) is 0. The van der Waals surface area contributed by atoms with Crippen LogP contribution in [-0.2, 0) is 6.54 Å². The molecule has 0 amide bonds. The van der Waals surface area contributed by atoms with Gasteiger partial charge in [-0.1, -0.05) is 12.1 Å². The third-order valence-corrected chi connectivity index (χ3v) is 2.87.